The first-order chi connectivity index (χ1) is 8.85. The molecule has 1 aromatic carbocycles. The standard InChI is InChI=1S/C15H23NO2/c1-3-8-16-11-13-7-9-18-15(13)12-5-4-6-14(10-12)17-2/h4-6,10,13,15-16H,3,7-9,11H2,1-2H3. The van der Waals surface area contributed by atoms with Crippen molar-refractivity contribution in [2.24, 2.45) is 5.92 Å². The first kappa shape index (κ1) is 13.4. The summed E-state index contributed by atoms with van der Waals surface area (Å²) < 4.78 is 11.2. The summed E-state index contributed by atoms with van der Waals surface area (Å²) >= 11 is 0. The highest BCUT2D eigenvalue weighted by atomic mass is 16.5. The number of methoxy groups -OCH3 is 1. The summed E-state index contributed by atoms with van der Waals surface area (Å²) in [5, 5.41) is 3.49. The molecule has 1 fully saturated rings. The number of hydrogen-bond acceptors (Lipinski definition) is 3. The highest BCUT2D eigenvalue weighted by molar-refractivity contribution is 5.30. The third-order valence-electron chi connectivity index (χ3n) is 3.47. The Balaban J connectivity index is 2.01. The molecule has 1 aliphatic heterocycles. The Morgan fingerprint density at radius 3 is 3.11 bits per heavy atom. The predicted octanol–water partition coefficient (Wildman–Crippen LogP) is 2.77. The third kappa shape index (κ3) is 3.24. The minimum Gasteiger partial charge on any atom is -0.497 e. The van der Waals surface area contributed by atoms with Gasteiger partial charge in [0.2, 0.25) is 0 Å². The lowest BCUT2D eigenvalue weighted by atomic mass is 9.95. The molecule has 0 radical (unpaired) electrons. The van der Waals surface area contributed by atoms with E-state index < -0.39 is 0 Å². The molecule has 0 aromatic heterocycles. The van der Waals surface area contributed by atoms with E-state index in [1.807, 2.05) is 12.1 Å². The summed E-state index contributed by atoms with van der Waals surface area (Å²) in [6.07, 6.45) is 2.53. The van der Waals surface area contributed by atoms with Crippen molar-refractivity contribution in [3.63, 3.8) is 0 Å². The van der Waals surface area contributed by atoms with Gasteiger partial charge in [0.05, 0.1) is 13.2 Å². The Morgan fingerprint density at radius 1 is 1.44 bits per heavy atom. The molecule has 0 saturated carbocycles. The van der Waals surface area contributed by atoms with E-state index in [0.29, 0.717) is 5.92 Å². The zero-order valence-corrected chi connectivity index (χ0v) is 11.3. The molecule has 1 aromatic rings. The van der Waals surface area contributed by atoms with Gasteiger partial charge in [0.15, 0.2) is 0 Å². The van der Waals surface area contributed by atoms with Gasteiger partial charge in [0.25, 0.3) is 0 Å². The molecule has 1 N–H and O–H groups in total. The summed E-state index contributed by atoms with van der Waals surface area (Å²) in [5.41, 5.74) is 1.23. The maximum Gasteiger partial charge on any atom is 0.119 e. The van der Waals surface area contributed by atoms with Crippen LogP contribution in [0.25, 0.3) is 0 Å². The lowest BCUT2D eigenvalue weighted by Crippen LogP contribution is -2.25. The Hall–Kier alpha value is -1.06. The van der Waals surface area contributed by atoms with Gasteiger partial charge in [-0.05, 0) is 37.1 Å². The second kappa shape index (κ2) is 6.76. The zero-order valence-electron chi connectivity index (χ0n) is 11.3. The maximum absolute atomic E-state index is 5.89. The highest BCUT2D eigenvalue weighted by Gasteiger charge is 2.29. The summed E-state index contributed by atoms with van der Waals surface area (Å²) in [7, 11) is 1.70. The van der Waals surface area contributed by atoms with Gasteiger partial charge in [-0.25, -0.2) is 0 Å². The Morgan fingerprint density at radius 2 is 2.33 bits per heavy atom. The normalized spacial score (nSPS) is 23.2. The molecular formula is C15H23NO2. The largest absolute Gasteiger partial charge is 0.497 e. The zero-order chi connectivity index (χ0) is 12.8. The number of ether oxygens (including phenoxy) is 2. The van der Waals surface area contributed by atoms with Crippen LogP contribution in [0.4, 0.5) is 0 Å². The number of benzene rings is 1. The van der Waals surface area contributed by atoms with Crippen LogP contribution in [0, 0.1) is 5.92 Å². The van der Waals surface area contributed by atoms with E-state index in [2.05, 4.69) is 24.4 Å². The molecule has 1 aliphatic rings. The lowest BCUT2D eigenvalue weighted by molar-refractivity contribution is 0.0904. The highest BCUT2D eigenvalue weighted by Crippen LogP contribution is 2.35. The molecule has 2 atom stereocenters. The van der Waals surface area contributed by atoms with Crippen molar-refractivity contribution < 1.29 is 9.47 Å². The second-order valence-electron chi connectivity index (χ2n) is 4.82. The topological polar surface area (TPSA) is 30.5 Å². The molecule has 3 nitrogen and oxygen atoms in total. The van der Waals surface area contributed by atoms with E-state index in [1.165, 1.54) is 12.0 Å². The van der Waals surface area contributed by atoms with Crippen molar-refractivity contribution in [1.29, 1.82) is 0 Å². The molecule has 1 saturated heterocycles. The average molecular weight is 249 g/mol. The fourth-order valence-corrected chi connectivity index (χ4v) is 2.49. The predicted molar refractivity (Wildman–Crippen MR) is 73.0 cm³/mol. The summed E-state index contributed by atoms with van der Waals surface area (Å²) in [6, 6.07) is 8.23. The van der Waals surface area contributed by atoms with Crippen LogP contribution in [-0.2, 0) is 4.74 Å². The number of nitrogens with one attached hydrogen (secondary N) is 1. The Labute approximate surface area is 109 Å². The van der Waals surface area contributed by atoms with Crippen LogP contribution in [0.5, 0.6) is 5.75 Å². The van der Waals surface area contributed by atoms with Gasteiger partial charge in [-0.15, -0.1) is 0 Å². The molecule has 0 aliphatic carbocycles. The number of hydrogen-bond donors (Lipinski definition) is 1. The first-order valence-electron chi connectivity index (χ1n) is 6.81. The second-order valence-corrected chi connectivity index (χ2v) is 4.82. The summed E-state index contributed by atoms with van der Waals surface area (Å²) in [4.78, 5) is 0. The van der Waals surface area contributed by atoms with E-state index in [4.69, 9.17) is 9.47 Å². The smallest absolute Gasteiger partial charge is 0.119 e. The molecule has 100 valence electrons. The van der Waals surface area contributed by atoms with Gasteiger partial charge < -0.3 is 14.8 Å². The van der Waals surface area contributed by atoms with Gasteiger partial charge in [-0.1, -0.05) is 19.1 Å². The van der Waals surface area contributed by atoms with Crippen molar-refractivity contribution in [3.05, 3.63) is 29.8 Å². The van der Waals surface area contributed by atoms with Crippen molar-refractivity contribution in [2.45, 2.75) is 25.9 Å². The minimum absolute atomic E-state index is 0.212. The summed E-state index contributed by atoms with van der Waals surface area (Å²) in [6.45, 7) is 5.18. The monoisotopic (exact) mass is 249 g/mol. The third-order valence-corrected chi connectivity index (χ3v) is 3.47. The molecule has 1 heterocycles. The van der Waals surface area contributed by atoms with Crippen LogP contribution in [0.1, 0.15) is 31.4 Å². The average Bonchev–Trinajstić information content (AvgIpc) is 2.87. The van der Waals surface area contributed by atoms with E-state index in [-0.39, 0.29) is 6.10 Å². The molecule has 3 heteroatoms. The lowest BCUT2D eigenvalue weighted by Gasteiger charge is -2.19. The van der Waals surface area contributed by atoms with E-state index >= 15 is 0 Å². The van der Waals surface area contributed by atoms with Gasteiger partial charge >= 0.3 is 0 Å². The van der Waals surface area contributed by atoms with E-state index in [1.54, 1.807) is 7.11 Å². The van der Waals surface area contributed by atoms with E-state index in [9.17, 15) is 0 Å². The van der Waals surface area contributed by atoms with Crippen LogP contribution < -0.4 is 10.1 Å². The summed E-state index contributed by atoms with van der Waals surface area (Å²) in [5.74, 6) is 1.48. The van der Waals surface area contributed by atoms with Gasteiger partial charge in [-0.2, -0.15) is 0 Å². The molecule has 0 bridgehead atoms. The molecule has 2 unspecified atom stereocenters. The fraction of sp³-hybridized carbons (Fsp3) is 0.600. The minimum atomic E-state index is 0.212. The molecular weight excluding hydrogens is 226 g/mol. The maximum atomic E-state index is 5.89. The molecule has 2 rings (SSSR count). The van der Waals surface area contributed by atoms with Crippen LogP contribution in [0.15, 0.2) is 24.3 Å². The van der Waals surface area contributed by atoms with Crippen LogP contribution in [0.2, 0.25) is 0 Å². The molecule has 0 amide bonds. The number of rotatable bonds is 6. The van der Waals surface area contributed by atoms with Crippen molar-refractivity contribution in [3.8, 4) is 5.75 Å². The van der Waals surface area contributed by atoms with Crippen LogP contribution in [0.3, 0.4) is 0 Å². The van der Waals surface area contributed by atoms with Gasteiger partial charge in [-0.3, -0.25) is 0 Å². The first-order valence-corrected chi connectivity index (χ1v) is 6.81. The van der Waals surface area contributed by atoms with Gasteiger partial charge in [0.1, 0.15) is 5.75 Å². The Kier molecular flexibility index (Phi) is 5.02. The Bertz CT molecular complexity index is 367. The SMILES string of the molecule is CCCNCC1CCOC1c1cccc(OC)c1. The van der Waals surface area contributed by atoms with Crippen LogP contribution in [-0.4, -0.2) is 26.8 Å². The van der Waals surface area contributed by atoms with Crippen molar-refractivity contribution in [2.75, 3.05) is 26.8 Å². The van der Waals surface area contributed by atoms with Crippen LogP contribution >= 0.6 is 0 Å². The van der Waals surface area contributed by atoms with E-state index in [0.717, 1.165) is 31.9 Å². The molecule has 0 spiro atoms. The quantitative estimate of drug-likeness (QED) is 0.786. The fourth-order valence-electron chi connectivity index (χ4n) is 2.49. The van der Waals surface area contributed by atoms with Crippen molar-refractivity contribution >= 4 is 0 Å². The van der Waals surface area contributed by atoms with Gasteiger partial charge in [0, 0.05) is 19.1 Å². The molecule has 18 heavy (non-hydrogen) atoms. The van der Waals surface area contributed by atoms with Crippen molar-refractivity contribution in [1.82, 2.24) is 5.32 Å².